The highest BCUT2D eigenvalue weighted by Crippen LogP contribution is 2.18. The summed E-state index contributed by atoms with van der Waals surface area (Å²) < 4.78 is 0. The van der Waals surface area contributed by atoms with Gasteiger partial charge in [0.1, 0.15) is 0 Å². The third-order valence-electron chi connectivity index (χ3n) is 3.86. The van der Waals surface area contributed by atoms with Gasteiger partial charge in [-0.05, 0) is 29.7 Å². The van der Waals surface area contributed by atoms with Gasteiger partial charge in [-0.2, -0.15) is 0 Å². The molecule has 2 aromatic carbocycles. The van der Waals surface area contributed by atoms with Gasteiger partial charge in [-0.3, -0.25) is 0 Å². The van der Waals surface area contributed by atoms with Crippen molar-refractivity contribution in [3.8, 4) is 0 Å². The monoisotopic (exact) mass is 252 g/mol. The minimum atomic E-state index is 0.528. The van der Waals surface area contributed by atoms with Crippen molar-refractivity contribution in [3.63, 3.8) is 0 Å². The quantitative estimate of drug-likeness (QED) is 0.903. The van der Waals surface area contributed by atoms with Crippen molar-refractivity contribution in [1.82, 2.24) is 5.32 Å². The smallest absolute Gasteiger partial charge is 0.0364 e. The predicted octanol–water partition coefficient (Wildman–Crippen LogP) is 2.84. The number of anilines is 1. The Morgan fingerprint density at radius 1 is 1.00 bits per heavy atom. The number of rotatable bonds is 3. The number of hydrogen-bond acceptors (Lipinski definition) is 2. The van der Waals surface area contributed by atoms with Crippen molar-refractivity contribution in [2.24, 2.45) is 0 Å². The molecule has 0 aliphatic carbocycles. The van der Waals surface area contributed by atoms with Crippen LogP contribution in [0.5, 0.6) is 0 Å². The molecule has 19 heavy (non-hydrogen) atoms. The van der Waals surface area contributed by atoms with E-state index in [0.717, 1.165) is 19.5 Å². The van der Waals surface area contributed by atoms with E-state index in [1.165, 1.54) is 16.8 Å². The molecule has 1 unspecified atom stereocenters. The Bertz CT molecular complexity index is 536. The Balaban J connectivity index is 1.66. The van der Waals surface area contributed by atoms with Crippen molar-refractivity contribution >= 4 is 5.69 Å². The Morgan fingerprint density at radius 3 is 2.47 bits per heavy atom. The Hall–Kier alpha value is -1.80. The van der Waals surface area contributed by atoms with E-state index in [1.807, 2.05) is 0 Å². The van der Waals surface area contributed by atoms with Crippen LogP contribution >= 0.6 is 0 Å². The van der Waals surface area contributed by atoms with Crippen molar-refractivity contribution in [1.29, 1.82) is 0 Å². The predicted molar refractivity (Wildman–Crippen MR) is 80.5 cm³/mol. The maximum absolute atomic E-state index is 3.63. The van der Waals surface area contributed by atoms with E-state index < -0.39 is 0 Å². The summed E-state index contributed by atoms with van der Waals surface area (Å²) in [5, 5.41) is 3.63. The molecule has 0 fully saturated rings. The fraction of sp³-hybridized carbons (Fsp3) is 0.294. The maximum atomic E-state index is 3.63. The zero-order chi connectivity index (χ0) is 13.1. The summed E-state index contributed by atoms with van der Waals surface area (Å²) in [6.07, 6.45) is 1.12. The Kier molecular flexibility index (Phi) is 3.51. The average Bonchev–Trinajstić information content (AvgIpc) is 2.48. The standard InChI is InChI=1S/C17H20N2/c1-19(17-9-3-2-4-10-17)13-16-11-14-7-5-6-8-15(14)12-18-16/h2-10,16,18H,11-13H2,1H3. The van der Waals surface area contributed by atoms with Gasteiger partial charge in [0.2, 0.25) is 0 Å². The lowest BCUT2D eigenvalue weighted by molar-refractivity contribution is 0.480. The van der Waals surface area contributed by atoms with Crippen LogP contribution in [0, 0.1) is 0 Å². The molecule has 0 radical (unpaired) electrons. The molecule has 0 spiro atoms. The summed E-state index contributed by atoms with van der Waals surface area (Å²) in [6, 6.07) is 19.8. The Labute approximate surface area is 115 Å². The second-order valence-corrected chi connectivity index (χ2v) is 5.27. The summed E-state index contributed by atoms with van der Waals surface area (Å²) >= 11 is 0. The van der Waals surface area contributed by atoms with Gasteiger partial charge in [0, 0.05) is 31.9 Å². The van der Waals surface area contributed by atoms with E-state index in [1.54, 1.807) is 0 Å². The van der Waals surface area contributed by atoms with Crippen LogP contribution in [-0.2, 0) is 13.0 Å². The topological polar surface area (TPSA) is 15.3 Å². The van der Waals surface area contributed by atoms with Crippen molar-refractivity contribution in [2.45, 2.75) is 19.0 Å². The van der Waals surface area contributed by atoms with E-state index in [-0.39, 0.29) is 0 Å². The molecule has 0 saturated carbocycles. The minimum absolute atomic E-state index is 0.528. The number of likely N-dealkylation sites (N-methyl/N-ethyl adjacent to an activating group) is 1. The molecule has 1 aliphatic rings. The number of hydrogen-bond donors (Lipinski definition) is 1. The zero-order valence-electron chi connectivity index (χ0n) is 11.3. The molecule has 0 bridgehead atoms. The minimum Gasteiger partial charge on any atom is -0.373 e. The van der Waals surface area contributed by atoms with Crippen LogP contribution in [-0.4, -0.2) is 19.6 Å². The van der Waals surface area contributed by atoms with Crippen LogP contribution in [0.1, 0.15) is 11.1 Å². The zero-order valence-corrected chi connectivity index (χ0v) is 11.3. The van der Waals surface area contributed by atoms with Gasteiger partial charge in [-0.25, -0.2) is 0 Å². The van der Waals surface area contributed by atoms with Gasteiger partial charge in [0.05, 0.1) is 0 Å². The molecule has 2 aromatic rings. The van der Waals surface area contributed by atoms with Gasteiger partial charge in [-0.15, -0.1) is 0 Å². The first-order chi connectivity index (χ1) is 9.33. The number of benzene rings is 2. The molecule has 1 heterocycles. The number of fused-ring (bicyclic) bond motifs is 1. The highest BCUT2D eigenvalue weighted by Gasteiger charge is 2.18. The molecule has 0 aromatic heterocycles. The molecule has 0 amide bonds. The summed E-state index contributed by atoms with van der Waals surface area (Å²) in [4.78, 5) is 2.33. The van der Waals surface area contributed by atoms with Crippen molar-refractivity contribution in [3.05, 3.63) is 65.7 Å². The lowest BCUT2D eigenvalue weighted by atomic mass is 9.95. The first kappa shape index (κ1) is 12.2. The molecule has 2 heteroatoms. The third-order valence-corrected chi connectivity index (χ3v) is 3.86. The second kappa shape index (κ2) is 5.45. The number of nitrogens with zero attached hydrogens (tertiary/aromatic N) is 1. The lowest BCUT2D eigenvalue weighted by Gasteiger charge is -2.30. The van der Waals surface area contributed by atoms with Gasteiger partial charge in [-0.1, -0.05) is 42.5 Å². The fourth-order valence-electron chi connectivity index (χ4n) is 2.77. The molecule has 1 N–H and O–H groups in total. The summed E-state index contributed by atoms with van der Waals surface area (Å²) in [5.74, 6) is 0. The van der Waals surface area contributed by atoms with Crippen LogP contribution in [0.25, 0.3) is 0 Å². The third kappa shape index (κ3) is 2.79. The molecule has 1 atom stereocenters. The van der Waals surface area contributed by atoms with Gasteiger partial charge >= 0.3 is 0 Å². The molecule has 3 rings (SSSR count). The fourth-order valence-corrected chi connectivity index (χ4v) is 2.77. The van der Waals surface area contributed by atoms with E-state index in [2.05, 4.69) is 71.9 Å². The van der Waals surface area contributed by atoms with E-state index in [0.29, 0.717) is 6.04 Å². The van der Waals surface area contributed by atoms with Crippen LogP contribution in [0.3, 0.4) is 0 Å². The average molecular weight is 252 g/mol. The SMILES string of the molecule is CN(CC1Cc2ccccc2CN1)c1ccccc1. The van der Waals surface area contributed by atoms with Gasteiger partial charge < -0.3 is 10.2 Å². The summed E-state index contributed by atoms with van der Waals surface area (Å²) in [6.45, 7) is 2.03. The van der Waals surface area contributed by atoms with E-state index >= 15 is 0 Å². The van der Waals surface area contributed by atoms with Crippen LogP contribution < -0.4 is 10.2 Å². The van der Waals surface area contributed by atoms with Crippen LogP contribution in [0.2, 0.25) is 0 Å². The molecule has 2 nitrogen and oxygen atoms in total. The van der Waals surface area contributed by atoms with Crippen molar-refractivity contribution < 1.29 is 0 Å². The first-order valence-electron chi connectivity index (χ1n) is 6.89. The van der Waals surface area contributed by atoms with E-state index in [9.17, 15) is 0 Å². The largest absolute Gasteiger partial charge is 0.373 e. The molecule has 1 aliphatic heterocycles. The van der Waals surface area contributed by atoms with Crippen LogP contribution in [0.15, 0.2) is 54.6 Å². The van der Waals surface area contributed by atoms with Crippen molar-refractivity contribution in [2.75, 3.05) is 18.5 Å². The van der Waals surface area contributed by atoms with Gasteiger partial charge in [0.25, 0.3) is 0 Å². The lowest BCUT2D eigenvalue weighted by Crippen LogP contribution is -2.43. The molecule has 98 valence electrons. The maximum Gasteiger partial charge on any atom is 0.0364 e. The van der Waals surface area contributed by atoms with Crippen LogP contribution in [0.4, 0.5) is 5.69 Å². The molecular formula is C17H20N2. The van der Waals surface area contributed by atoms with Gasteiger partial charge in [0.15, 0.2) is 0 Å². The summed E-state index contributed by atoms with van der Waals surface area (Å²) in [5.41, 5.74) is 4.22. The first-order valence-corrected chi connectivity index (χ1v) is 6.89. The highest BCUT2D eigenvalue weighted by molar-refractivity contribution is 5.45. The number of para-hydroxylation sites is 1. The molecule has 0 saturated heterocycles. The normalized spacial score (nSPS) is 17.8. The van der Waals surface area contributed by atoms with E-state index in [4.69, 9.17) is 0 Å². The number of nitrogens with one attached hydrogen (secondary N) is 1. The second-order valence-electron chi connectivity index (χ2n) is 5.27. The Morgan fingerprint density at radius 2 is 1.68 bits per heavy atom. The highest BCUT2D eigenvalue weighted by atomic mass is 15.1. The summed E-state index contributed by atoms with van der Waals surface area (Å²) in [7, 11) is 2.16. The molecular weight excluding hydrogens is 232 g/mol.